The van der Waals surface area contributed by atoms with E-state index in [4.69, 9.17) is 23.8 Å². The monoisotopic (exact) mass is 424 g/mol. The Morgan fingerprint density at radius 3 is 2.59 bits per heavy atom. The Balaban J connectivity index is 1.85. The van der Waals surface area contributed by atoms with Crippen LogP contribution in [0.25, 0.3) is 5.69 Å². The summed E-state index contributed by atoms with van der Waals surface area (Å²) < 4.78 is 2.23. The first-order valence-corrected chi connectivity index (χ1v) is 10.7. The zero-order chi connectivity index (χ0) is 20.5. The minimum Gasteiger partial charge on any atom is -0.352 e. The second-order valence-electron chi connectivity index (χ2n) is 7.43. The lowest BCUT2D eigenvalue weighted by molar-refractivity contribution is 0.316. The van der Waals surface area contributed by atoms with Crippen LogP contribution in [0.1, 0.15) is 48.1 Å². The van der Waals surface area contributed by atoms with Crippen molar-refractivity contribution in [3.05, 3.63) is 82.4 Å². The fraction of sp³-hybridized carbons (Fsp3) is 0.304. The van der Waals surface area contributed by atoms with E-state index in [0.717, 1.165) is 40.2 Å². The second-order valence-corrected chi connectivity index (χ2v) is 8.23. The number of hydrogen-bond acceptors (Lipinski definition) is 2. The van der Waals surface area contributed by atoms with Crippen LogP contribution in [0.3, 0.4) is 0 Å². The second kappa shape index (κ2) is 8.17. The maximum absolute atomic E-state index is 6.52. The summed E-state index contributed by atoms with van der Waals surface area (Å²) in [6, 6.07) is 16.4. The van der Waals surface area contributed by atoms with Crippen molar-refractivity contribution in [3.8, 4) is 5.69 Å². The van der Waals surface area contributed by atoms with E-state index in [1.165, 1.54) is 11.3 Å². The van der Waals surface area contributed by atoms with Crippen molar-refractivity contribution in [3.63, 3.8) is 0 Å². The molecule has 29 heavy (non-hydrogen) atoms. The number of nitrogens with one attached hydrogen (secondary N) is 1. The Morgan fingerprint density at radius 2 is 1.90 bits per heavy atom. The van der Waals surface area contributed by atoms with Gasteiger partial charge in [-0.3, -0.25) is 4.98 Å². The summed E-state index contributed by atoms with van der Waals surface area (Å²) in [4.78, 5) is 6.92. The Bertz CT molecular complexity index is 1030. The molecule has 150 valence electrons. The van der Waals surface area contributed by atoms with Crippen molar-refractivity contribution in [2.45, 2.75) is 39.3 Å². The molecule has 1 aliphatic rings. The van der Waals surface area contributed by atoms with Crippen molar-refractivity contribution < 1.29 is 0 Å². The lowest BCUT2D eigenvalue weighted by atomic mass is 9.96. The van der Waals surface area contributed by atoms with Crippen molar-refractivity contribution in [1.29, 1.82) is 0 Å². The Hall–Kier alpha value is -2.37. The molecule has 2 atom stereocenters. The van der Waals surface area contributed by atoms with Gasteiger partial charge in [0.25, 0.3) is 0 Å². The average molecular weight is 425 g/mol. The van der Waals surface area contributed by atoms with Crippen LogP contribution >= 0.6 is 23.8 Å². The van der Waals surface area contributed by atoms with Gasteiger partial charge in [0, 0.05) is 24.1 Å². The first-order chi connectivity index (χ1) is 14.0. The Kier molecular flexibility index (Phi) is 5.61. The molecule has 0 aliphatic carbocycles. The third-order valence-electron chi connectivity index (χ3n) is 5.54. The summed E-state index contributed by atoms with van der Waals surface area (Å²) in [6.45, 7) is 7.36. The minimum atomic E-state index is 0.00967. The standard InChI is InChI=1S/C23H25ClN4S/c1-4-13-27-22(21(26-23(27)29)19-10-7-8-12-25-19)17-14-15(2)28(16(17)3)20-11-6-5-9-18(20)24/h5-12,14,21-22H,4,13H2,1-3H3,(H,26,29)/t21-,22+/m1/s1. The molecule has 4 rings (SSSR count). The predicted octanol–water partition coefficient (Wildman–Crippen LogP) is 5.53. The third kappa shape index (κ3) is 3.53. The molecule has 2 aromatic heterocycles. The first kappa shape index (κ1) is 19.9. The van der Waals surface area contributed by atoms with Crippen LogP contribution < -0.4 is 5.32 Å². The summed E-state index contributed by atoms with van der Waals surface area (Å²) in [7, 11) is 0. The summed E-state index contributed by atoms with van der Waals surface area (Å²) in [5.41, 5.74) is 5.58. The highest BCUT2D eigenvalue weighted by atomic mass is 35.5. The van der Waals surface area contributed by atoms with E-state index in [-0.39, 0.29) is 12.1 Å². The van der Waals surface area contributed by atoms with Crippen LogP contribution in [-0.2, 0) is 0 Å². The van der Waals surface area contributed by atoms with E-state index in [1.807, 2.05) is 36.5 Å². The summed E-state index contributed by atoms with van der Waals surface area (Å²) in [5.74, 6) is 0. The number of halogens is 1. The number of thiocarbonyl (C=S) groups is 1. The Morgan fingerprint density at radius 1 is 1.14 bits per heavy atom. The van der Waals surface area contributed by atoms with E-state index < -0.39 is 0 Å². The van der Waals surface area contributed by atoms with Gasteiger partial charge in [0.1, 0.15) is 0 Å². The average Bonchev–Trinajstić information content (AvgIpc) is 3.19. The van der Waals surface area contributed by atoms with Crippen molar-refractivity contribution >= 4 is 28.9 Å². The molecule has 3 heterocycles. The van der Waals surface area contributed by atoms with Gasteiger partial charge in [0.2, 0.25) is 0 Å². The number of pyridine rings is 1. The number of hydrogen-bond donors (Lipinski definition) is 1. The highest BCUT2D eigenvalue weighted by molar-refractivity contribution is 7.80. The van der Waals surface area contributed by atoms with Crippen LogP contribution in [-0.4, -0.2) is 26.1 Å². The molecule has 4 nitrogen and oxygen atoms in total. The number of para-hydroxylation sites is 1. The van der Waals surface area contributed by atoms with Crippen LogP contribution in [0.4, 0.5) is 0 Å². The van der Waals surface area contributed by atoms with Crippen LogP contribution in [0.15, 0.2) is 54.7 Å². The fourth-order valence-electron chi connectivity index (χ4n) is 4.32. The number of aryl methyl sites for hydroxylation is 1. The molecule has 1 fully saturated rings. The molecule has 1 aliphatic heterocycles. The number of aromatic nitrogens is 2. The lowest BCUT2D eigenvalue weighted by Crippen LogP contribution is -2.30. The number of nitrogens with zero attached hydrogens (tertiary/aromatic N) is 3. The topological polar surface area (TPSA) is 33.1 Å². The third-order valence-corrected chi connectivity index (χ3v) is 6.22. The van der Waals surface area contributed by atoms with E-state index >= 15 is 0 Å². The van der Waals surface area contributed by atoms with Crippen molar-refractivity contribution in [2.75, 3.05) is 6.54 Å². The van der Waals surface area contributed by atoms with E-state index in [1.54, 1.807) is 0 Å². The largest absolute Gasteiger partial charge is 0.352 e. The maximum Gasteiger partial charge on any atom is 0.170 e. The highest BCUT2D eigenvalue weighted by Gasteiger charge is 2.40. The molecule has 1 N–H and O–H groups in total. The van der Waals surface area contributed by atoms with Gasteiger partial charge < -0.3 is 14.8 Å². The SMILES string of the molecule is CCCN1C(=S)N[C@H](c2ccccn2)[C@@H]1c1cc(C)n(-c2ccccc2Cl)c1C. The summed E-state index contributed by atoms with van der Waals surface area (Å²) in [6.07, 6.45) is 2.86. The van der Waals surface area contributed by atoms with Crippen LogP contribution in [0, 0.1) is 13.8 Å². The summed E-state index contributed by atoms with van der Waals surface area (Å²) in [5, 5.41) is 5.05. The molecular formula is C23H25ClN4S. The molecule has 0 spiro atoms. The molecular weight excluding hydrogens is 400 g/mol. The van der Waals surface area contributed by atoms with Gasteiger partial charge in [-0.1, -0.05) is 36.7 Å². The first-order valence-electron chi connectivity index (χ1n) is 9.94. The van der Waals surface area contributed by atoms with Crippen LogP contribution in [0.2, 0.25) is 5.02 Å². The van der Waals surface area contributed by atoms with Gasteiger partial charge in [-0.2, -0.15) is 0 Å². The van der Waals surface area contributed by atoms with E-state index in [0.29, 0.717) is 0 Å². The normalized spacial score (nSPS) is 18.9. The lowest BCUT2D eigenvalue weighted by Gasteiger charge is -2.27. The van der Waals surface area contributed by atoms with Gasteiger partial charge in [-0.15, -0.1) is 0 Å². The van der Waals surface area contributed by atoms with Gasteiger partial charge in [0.05, 0.1) is 28.5 Å². The number of benzene rings is 1. The van der Waals surface area contributed by atoms with Crippen molar-refractivity contribution in [2.24, 2.45) is 0 Å². The van der Waals surface area contributed by atoms with Crippen molar-refractivity contribution in [1.82, 2.24) is 19.8 Å². The fourth-order valence-corrected chi connectivity index (χ4v) is 4.87. The van der Waals surface area contributed by atoms with Gasteiger partial charge >= 0.3 is 0 Å². The number of rotatable bonds is 5. The van der Waals surface area contributed by atoms with Gasteiger partial charge in [-0.25, -0.2) is 0 Å². The smallest absolute Gasteiger partial charge is 0.170 e. The minimum absolute atomic E-state index is 0.00967. The molecule has 1 saturated heterocycles. The molecule has 3 aromatic rings. The molecule has 0 amide bonds. The molecule has 1 aromatic carbocycles. The maximum atomic E-state index is 6.52. The highest BCUT2D eigenvalue weighted by Crippen LogP contribution is 2.41. The van der Waals surface area contributed by atoms with Gasteiger partial charge in [0.15, 0.2) is 5.11 Å². The predicted molar refractivity (Wildman–Crippen MR) is 123 cm³/mol. The van der Waals surface area contributed by atoms with E-state index in [2.05, 4.69) is 58.7 Å². The molecule has 0 saturated carbocycles. The van der Waals surface area contributed by atoms with Gasteiger partial charge in [-0.05, 0) is 68.4 Å². The van der Waals surface area contributed by atoms with Crippen LogP contribution in [0.5, 0.6) is 0 Å². The molecule has 0 bridgehead atoms. The quantitative estimate of drug-likeness (QED) is 0.546. The Labute approximate surface area is 182 Å². The molecule has 0 radical (unpaired) electrons. The zero-order valence-corrected chi connectivity index (χ0v) is 18.5. The zero-order valence-electron chi connectivity index (χ0n) is 16.9. The molecule has 0 unspecified atom stereocenters. The summed E-state index contributed by atoms with van der Waals surface area (Å²) >= 11 is 12.2. The van der Waals surface area contributed by atoms with E-state index in [9.17, 15) is 0 Å². The molecule has 6 heteroatoms.